The molecule has 3 amide bonds. The molecule has 1 aromatic rings. The molecule has 5 rings (SSSR count). The molecule has 2 spiro atoms. The molecule has 3 heterocycles. The Morgan fingerprint density at radius 2 is 1.86 bits per heavy atom. The second-order valence-corrected chi connectivity index (χ2v) is 12.5. The van der Waals surface area contributed by atoms with Crippen molar-refractivity contribution < 1.29 is 14.4 Å². The lowest BCUT2D eigenvalue weighted by Crippen LogP contribution is -2.55. The van der Waals surface area contributed by atoms with E-state index in [0.717, 1.165) is 24.2 Å². The van der Waals surface area contributed by atoms with Crippen molar-refractivity contribution in [3.8, 4) is 6.07 Å². The van der Waals surface area contributed by atoms with E-state index in [9.17, 15) is 19.6 Å². The van der Waals surface area contributed by atoms with Crippen molar-refractivity contribution in [1.29, 1.82) is 5.26 Å². The van der Waals surface area contributed by atoms with Crippen LogP contribution >= 0.6 is 0 Å². The Balaban J connectivity index is 1.42. The van der Waals surface area contributed by atoms with Gasteiger partial charge in [-0.15, -0.1) is 0 Å². The second-order valence-electron chi connectivity index (χ2n) is 12.5. The number of fused-ring (bicyclic) bond motifs is 2. The molecule has 1 aliphatic carbocycles. The van der Waals surface area contributed by atoms with Crippen LogP contribution in [-0.2, 0) is 19.8 Å². The average Bonchev–Trinajstić information content (AvgIpc) is 3.22. The Hall–Kier alpha value is -2.92. The van der Waals surface area contributed by atoms with E-state index in [1.807, 2.05) is 38.1 Å². The summed E-state index contributed by atoms with van der Waals surface area (Å²) >= 11 is 0. The van der Waals surface area contributed by atoms with Crippen LogP contribution < -0.4 is 5.32 Å². The van der Waals surface area contributed by atoms with Gasteiger partial charge in [0.1, 0.15) is 12.1 Å². The van der Waals surface area contributed by atoms with Gasteiger partial charge in [0.2, 0.25) is 17.7 Å². The van der Waals surface area contributed by atoms with Crippen LogP contribution in [0.1, 0.15) is 65.4 Å². The van der Waals surface area contributed by atoms with E-state index in [1.54, 1.807) is 16.8 Å². The Morgan fingerprint density at radius 1 is 1.16 bits per heavy atom. The third-order valence-corrected chi connectivity index (χ3v) is 9.16. The van der Waals surface area contributed by atoms with Gasteiger partial charge in [0, 0.05) is 38.3 Å². The summed E-state index contributed by atoms with van der Waals surface area (Å²) in [6.07, 6.45) is 3.95. The van der Waals surface area contributed by atoms with E-state index in [0.29, 0.717) is 6.42 Å². The Kier molecular flexibility index (Phi) is 6.34. The van der Waals surface area contributed by atoms with E-state index in [-0.39, 0.29) is 54.1 Å². The first-order valence-electron chi connectivity index (χ1n) is 13.7. The highest BCUT2D eigenvalue weighted by molar-refractivity contribution is 6.07. The van der Waals surface area contributed by atoms with Gasteiger partial charge in [-0.25, -0.2) is 0 Å². The lowest BCUT2D eigenvalue weighted by Gasteiger charge is -2.36. The third kappa shape index (κ3) is 4.21. The number of para-hydroxylation sites is 1. The van der Waals surface area contributed by atoms with Gasteiger partial charge < -0.3 is 15.1 Å². The second kappa shape index (κ2) is 9.13. The predicted octanol–water partition coefficient (Wildman–Crippen LogP) is 3.14. The number of anilines is 1. The zero-order chi connectivity index (χ0) is 26.7. The molecule has 0 aromatic heterocycles. The van der Waals surface area contributed by atoms with Crippen LogP contribution in [0.2, 0.25) is 0 Å². The summed E-state index contributed by atoms with van der Waals surface area (Å²) in [5.41, 5.74) is 0.914. The largest absolute Gasteiger partial charge is 0.332 e. The van der Waals surface area contributed by atoms with Gasteiger partial charge in [-0.3, -0.25) is 19.3 Å². The molecule has 1 N–H and O–H groups in total. The van der Waals surface area contributed by atoms with E-state index in [4.69, 9.17) is 0 Å². The monoisotopic (exact) mass is 505 g/mol. The van der Waals surface area contributed by atoms with Crippen molar-refractivity contribution in [2.75, 3.05) is 25.5 Å². The maximum absolute atomic E-state index is 14.2. The number of likely N-dealkylation sites (N-methyl/N-ethyl adjacent to an activating group) is 1. The van der Waals surface area contributed by atoms with Crippen molar-refractivity contribution in [2.45, 2.75) is 89.4 Å². The Bertz CT molecular complexity index is 1150. The molecule has 1 saturated carbocycles. The van der Waals surface area contributed by atoms with E-state index in [1.165, 1.54) is 12.8 Å². The van der Waals surface area contributed by atoms with E-state index in [2.05, 4.69) is 30.1 Å². The molecule has 3 aliphatic heterocycles. The summed E-state index contributed by atoms with van der Waals surface area (Å²) in [6, 6.07) is 8.43. The molecular weight excluding hydrogens is 466 g/mol. The summed E-state index contributed by atoms with van der Waals surface area (Å²) < 4.78 is 0. The highest BCUT2D eigenvalue weighted by Gasteiger charge is 2.58. The van der Waals surface area contributed by atoms with Gasteiger partial charge >= 0.3 is 0 Å². The number of hydrogen-bond donors (Lipinski definition) is 1. The number of likely N-dealkylation sites (tertiary alicyclic amines) is 2. The first-order chi connectivity index (χ1) is 17.5. The molecule has 3 fully saturated rings. The van der Waals surface area contributed by atoms with Crippen molar-refractivity contribution in [1.82, 2.24) is 14.7 Å². The molecule has 8 heteroatoms. The zero-order valence-electron chi connectivity index (χ0n) is 22.7. The Morgan fingerprint density at radius 3 is 2.49 bits per heavy atom. The number of carbonyl (C=O) groups excluding carboxylic acids is 3. The lowest BCUT2D eigenvalue weighted by atomic mass is 9.80. The van der Waals surface area contributed by atoms with Crippen molar-refractivity contribution in [2.24, 2.45) is 11.3 Å². The van der Waals surface area contributed by atoms with E-state index >= 15 is 0 Å². The summed E-state index contributed by atoms with van der Waals surface area (Å²) in [7, 11) is 1.74. The highest BCUT2D eigenvalue weighted by atomic mass is 16.2. The van der Waals surface area contributed by atoms with Gasteiger partial charge in [0.25, 0.3) is 0 Å². The topological polar surface area (TPSA) is 96.7 Å². The Labute approximate surface area is 220 Å². The van der Waals surface area contributed by atoms with Crippen LogP contribution in [0.5, 0.6) is 0 Å². The highest BCUT2D eigenvalue weighted by Crippen LogP contribution is 2.55. The smallest absolute Gasteiger partial charge is 0.246 e. The molecule has 8 nitrogen and oxygen atoms in total. The number of benzene rings is 1. The number of amides is 3. The van der Waals surface area contributed by atoms with Crippen LogP contribution in [0.3, 0.4) is 0 Å². The van der Waals surface area contributed by atoms with Crippen LogP contribution in [0.25, 0.3) is 0 Å². The predicted molar refractivity (Wildman–Crippen MR) is 140 cm³/mol. The van der Waals surface area contributed by atoms with Crippen molar-refractivity contribution >= 4 is 23.4 Å². The fourth-order valence-corrected chi connectivity index (χ4v) is 6.84. The third-order valence-electron chi connectivity index (χ3n) is 9.16. The van der Waals surface area contributed by atoms with Crippen LogP contribution in [0.15, 0.2) is 24.3 Å². The lowest BCUT2D eigenvalue weighted by molar-refractivity contribution is -0.148. The molecule has 0 radical (unpaired) electrons. The first kappa shape index (κ1) is 25.7. The maximum atomic E-state index is 14.2. The van der Waals surface area contributed by atoms with Gasteiger partial charge in [-0.2, -0.15) is 5.26 Å². The zero-order valence-corrected chi connectivity index (χ0v) is 22.7. The van der Waals surface area contributed by atoms with Crippen molar-refractivity contribution in [3.05, 3.63) is 29.8 Å². The minimum absolute atomic E-state index is 0.0113. The number of rotatable bonds is 6. The number of carbonyl (C=O) groups is 3. The summed E-state index contributed by atoms with van der Waals surface area (Å²) in [5.74, 6) is -0.234. The molecule has 198 valence electrons. The minimum Gasteiger partial charge on any atom is -0.332 e. The summed E-state index contributed by atoms with van der Waals surface area (Å²) in [6.45, 7) is 9.43. The average molecular weight is 506 g/mol. The first-order valence-corrected chi connectivity index (χ1v) is 13.7. The summed E-state index contributed by atoms with van der Waals surface area (Å²) in [4.78, 5) is 46.8. The molecule has 0 unspecified atom stereocenters. The fraction of sp³-hybridized carbons (Fsp3) is 0.655. The molecule has 1 aromatic carbocycles. The van der Waals surface area contributed by atoms with Crippen LogP contribution in [-0.4, -0.2) is 76.7 Å². The molecule has 37 heavy (non-hydrogen) atoms. The standard InChI is InChI=1S/C29H39N5O3/c1-18(2)12-23(32(5)25(35)24-14-28(10-11-28)16-33(24)19(3)4)26(36)34-17-29(13-20(34)15-30)21-8-6-7-9-22(21)31-27(29)37/h6-9,18-20,23-24H,10-14,16-17H2,1-5H3,(H,31,37)/t20-,23-,24-,29-/m0/s1. The molecule has 2 saturated heterocycles. The SMILES string of the molecule is CC(C)C[C@@H](C(=O)N1C[C@]2(C[C@H]1C#N)C(=O)Nc1ccccc12)N(C)C(=O)[C@@H]1CC2(CC2)CN1C(C)C. The van der Waals surface area contributed by atoms with E-state index < -0.39 is 17.5 Å². The minimum atomic E-state index is -0.935. The van der Waals surface area contributed by atoms with Crippen LogP contribution in [0.4, 0.5) is 5.69 Å². The number of nitrogens with zero attached hydrogens (tertiary/aromatic N) is 4. The molecule has 4 atom stereocenters. The normalized spacial score (nSPS) is 28.6. The number of nitriles is 1. The molecular formula is C29H39N5O3. The molecule has 4 aliphatic rings. The number of nitrogens with one attached hydrogen (secondary N) is 1. The molecule has 0 bridgehead atoms. The van der Waals surface area contributed by atoms with Gasteiger partial charge in [0.05, 0.1) is 17.5 Å². The van der Waals surface area contributed by atoms with Crippen molar-refractivity contribution in [3.63, 3.8) is 0 Å². The summed E-state index contributed by atoms with van der Waals surface area (Å²) in [5, 5.41) is 13.0. The van der Waals surface area contributed by atoms with Gasteiger partial charge in [-0.05, 0) is 62.5 Å². The van der Waals surface area contributed by atoms with Gasteiger partial charge in [-0.1, -0.05) is 32.0 Å². The maximum Gasteiger partial charge on any atom is 0.246 e. The quantitative estimate of drug-likeness (QED) is 0.641. The van der Waals surface area contributed by atoms with Crippen LogP contribution in [0, 0.1) is 22.7 Å². The fourth-order valence-electron chi connectivity index (χ4n) is 6.84. The number of hydrogen-bond acceptors (Lipinski definition) is 5. The van der Waals surface area contributed by atoms with Gasteiger partial charge in [0.15, 0.2) is 0 Å².